The largest absolute Gasteiger partial charge is 0.548 e. The van der Waals surface area contributed by atoms with E-state index < -0.39 is 29.5 Å². The first kappa shape index (κ1) is 20.2. The van der Waals surface area contributed by atoms with Crippen LogP contribution < -0.4 is 16.0 Å². The number of carbonyl (C=O) groups excluding carboxylic acids is 2. The van der Waals surface area contributed by atoms with Gasteiger partial charge < -0.3 is 15.2 Å². The summed E-state index contributed by atoms with van der Waals surface area (Å²) in [5, 5.41) is 22.3. The third kappa shape index (κ3) is 4.48. The van der Waals surface area contributed by atoms with Crippen molar-refractivity contribution in [2.45, 2.75) is 32.4 Å². The zero-order valence-electron chi connectivity index (χ0n) is 16.1. The van der Waals surface area contributed by atoms with Crippen molar-refractivity contribution in [1.29, 1.82) is 0 Å². The first-order valence-electron chi connectivity index (χ1n) is 9.29. The number of nitrogens with zero attached hydrogens (tertiary/aromatic N) is 3. The van der Waals surface area contributed by atoms with E-state index in [1.165, 1.54) is 0 Å². The van der Waals surface area contributed by atoms with E-state index in [-0.39, 0.29) is 12.3 Å². The van der Waals surface area contributed by atoms with E-state index in [2.05, 4.69) is 15.6 Å². The van der Waals surface area contributed by atoms with Crippen molar-refractivity contribution in [2.75, 3.05) is 0 Å². The molecule has 0 aliphatic carbocycles. The summed E-state index contributed by atoms with van der Waals surface area (Å²) in [6.07, 6.45) is 0.202. The summed E-state index contributed by atoms with van der Waals surface area (Å²) in [6.45, 7) is 3.69. The number of carboxylic acid groups (broad SMARTS) is 1. The summed E-state index contributed by atoms with van der Waals surface area (Å²) in [5.74, 6) is -2.02. The number of aromatic nitrogens is 3. The number of carboxylic acids is 1. The average Bonchev–Trinajstić information content (AvgIpc) is 2.70. The lowest BCUT2D eigenvalue weighted by Gasteiger charge is -2.25. The summed E-state index contributed by atoms with van der Waals surface area (Å²) in [6, 6.07) is 12.9. The van der Waals surface area contributed by atoms with E-state index in [0.717, 1.165) is 4.68 Å². The van der Waals surface area contributed by atoms with Gasteiger partial charge in [0.25, 0.3) is 5.56 Å². The molecule has 0 bridgehead atoms. The van der Waals surface area contributed by atoms with E-state index in [1.54, 1.807) is 54.6 Å². The molecule has 1 aromatic heterocycles. The van der Waals surface area contributed by atoms with Crippen molar-refractivity contribution >= 4 is 22.8 Å². The summed E-state index contributed by atoms with van der Waals surface area (Å²) < 4.78 is 0.981. The van der Waals surface area contributed by atoms with Gasteiger partial charge in [0.15, 0.2) is 6.04 Å². The molecule has 0 spiro atoms. The second kappa shape index (κ2) is 8.64. The van der Waals surface area contributed by atoms with E-state index >= 15 is 0 Å². The van der Waals surface area contributed by atoms with Gasteiger partial charge in [0, 0.05) is 0 Å². The van der Waals surface area contributed by atoms with Gasteiger partial charge >= 0.3 is 0 Å². The van der Waals surface area contributed by atoms with Gasteiger partial charge in [-0.3, -0.25) is 9.59 Å². The van der Waals surface area contributed by atoms with E-state index in [9.17, 15) is 19.5 Å². The maximum absolute atomic E-state index is 13.1. The fraction of sp³-hybridized carbons (Fsp3) is 0.286. The third-order valence-electron chi connectivity index (χ3n) is 4.51. The molecule has 3 aromatic rings. The van der Waals surface area contributed by atoms with Gasteiger partial charge in [0.05, 0.1) is 17.4 Å². The first-order valence-corrected chi connectivity index (χ1v) is 9.29. The molecule has 2 atom stereocenters. The van der Waals surface area contributed by atoms with Gasteiger partial charge in [-0.1, -0.05) is 61.5 Å². The minimum atomic E-state index is -1.38. The predicted molar refractivity (Wildman–Crippen MR) is 105 cm³/mol. The van der Waals surface area contributed by atoms with Gasteiger partial charge in [-0.2, -0.15) is 4.68 Å². The highest BCUT2D eigenvalue weighted by atomic mass is 16.4. The minimum Gasteiger partial charge on any atom is -0.548 e. The Labute approximate surface area is 167 Å². The Morgan fingerprint density at radius 2 is 1.72 bits per heavy atom. The van der Waals surface area contributed by atoms with Crippen molar-refractivity contribution < 1.29 is 14.7 Å². The van der Waals surface area contributed by atoms with Crippen molar-refractivity contribution in [2.24, 2.45) is 5.92 Å². The van der Waals surface area contributed by atoms with Crippen LogP contribution in [0.1, 0.15) is 31.9 Å². The SMILES string of the molecule is CC(C)C[C@H](NC(=O)[C@H](c1ccccc1)n1nnc2ccccc2c1=O)C(=O)[O-]. The molecule has 1 amide bonds. The molecule has 2 aromatic carbocycles. The Morgan fingerprint density at radius 1 is 1.07 bits per heavy atom. The predicted octanol–water partition coefficient (Wildman–Crippen LogP) is 0.662. The standard InChI is InChI=1S/C21H22N4O4/c1-13(2)12-17(21(28)29)22-19(26)18(14-8-4-3-5-9-14)25-20(27)15-10-6-7-11-16(15)23-24-25/h3-11,13,17-18H,12H2,1-2H3,(H,22,26)(H,28,29)/p-1/t17-,18-/m0/s1. The normalized spacial score (nSPS) is 13.2. The zero-order chi connectivity index (χ0) is 21.0. The van der Waals surface area contributed by atoms with Crippen LogP contribution >= 0.6 is 0 Å². The number of amides is 1. The van der Waals surface area contributed by atoms with Gasteiger partial charge in [0.1, 0.15) is 5.52 Å². The minimum absolute atomic E-state index is 0.0246. The molecule has 0 saturated heterocycles. The number of aliphatic carboxylic acids is 1. The van der Waals surface area contributed by atoms with Crippen LogP contribution in [-0.2, 0) is 9.59 Å². The van der Waals surface area contributed by atoms with Gasteiger partial charge in [-0.05, 0) is 30.0 Å². The zero-order valence-corrected chi connectivity index (χ0v) is 16.1. The quantitative estimate of drug-likeness (QED) is 0.630. The highest BCUT2D eigenvalue weighted by molar-refractivity contribution is 5.88. The topological polar surface area (TPSA) is 117 Å². The van der Waals surface area contributed by atoms with E-state index in [4.69, 9.17) is 0 Å². The van der Waals surface area contributed by atoms with Crippen LogP contribution in [0.2, 0.25) is 0 Å². The van der Waals surface area contributed by atoms with Crippen LogP contribution in [0.5, 0.6) is 0 Å². The summed E-state index contributed by atoms with van der Waals surface area (Å²) in [4.78, 5) is 37.6. The second-order valence-electron chi connectivity index (χ2n) is 7.18. The number of carbonyl (C=O) groups is 2. The molecule has 3 rings (SSSR count). The molecule has 8 nitrogen and oxygen atoms in total. The smallest absolute Gasteiger partial charge is 0.278 e. The van der Waals surface area contributed by atoms with Crippen molar-refractivity contribution in [3.8, 4) is 0 Å². The molecular formula is C21H21N4O4-. The Morgan fingerprint density at radius 3 is 2.38 bits per heavy atom. The van der Waals surface area contributed by atoms with Crippen LogP contribution in [0, 0.1) is 5.92 Å². The fourth-order valence-corrected chi connectivity index (χ4v) is 3.15. The number of nitrogens with one attached hydrogen (secondary N) is 1. The second-order valence-corrected chi connectivity index (χ2v) is 7.18. The highest BCUT2D eigenvalue weighted by Gasteiger charge is 2.28. The molecule has 29 heavy (non-hydrogen) atoms. The maximum Gasteiger partial charge on any atom is 0.278 e. The lowest BCUT2D eigenvalue weighted by Crippen LogP contribution is -2.51. The summed E-state index contributed by atoms with van der Waals surface area (Å²) in [5.41, 5.74) is 0.403. The van der Waals surface area contributed by atoms with E-state index in [0.29, 0.717) is 16.5 Å². The molecular weight excluding hydrogens is 372 g/mol. The van der Waals surface area contributed by atoms with Gasteiger partial charge in [-0.15, -0.1) is 5.10 Å². The van der Waals surface area contributed by atoms with Gasteiger partial charge in [-0.25, -0.2) is 0 Å². The lowest BCUT2D eigenvalue weighted by atomic mass is 10.0. The fourth-order valence-electron chi connectivity index (χ4n) is 3.15. The summed E-state index contributed by atoms with van der Waals surface area (Å²) in [7, 11) is 0. The van der Waals surface area contributed by atoms with Crippen molar-refractivity contribution in [3.05, 3.63) is 70.5 Å². The van der Waals surface area contributed by atoms with Crippen molar-refractivity contribution in [1.82, 2.24) is 20.3 Å². The van der Waals surface area contributed by atoms with Crippen LogP contribution in [0.4, 0.5) is 0 Å². The molecule has 1 heterocycles. The molecule has 150 valence electrons. The average molecular weight is 393 g/mol. The molecule has 8 heteroatoms. The number of hydrogen-bond acceptors (Lipinski definition) is 6. The van der Waals surface area contributed by atoms with Gasteiger partial charge in [0.2, 0.25) is 5.91 Å². The molecule has 0 radical (unpaired) electrons. The highest BCUT2D eigenvalue weighted by Crippen LogP contribution is 2.18. The molecule has 0 saturated carbocycles. The number of rotatable bonds is 7. The maximum atomic E-state index is 13.1. The first-order chi connectivity index (χ1) is 13.9. The number of hydrogen-bond donors (Lipinski definition) is 1. The Bertz CT molecular complexity index is 1080. The molecule has 0 aliphatic rings. The van der Waals surface area contributed by atoms with Crippen molar-refractivity contribution in [3.63, 3.8) is 0 Å². The monoisotopic (exact) mass is 393 g/mol. The molecule has 0 unspecified atom stereocenters. The molecule has 0 fully saturated rings. The Kier molecular flexibility index (Phi) is 6.01. The number of benzene rings is 2. The number of fused-ring (bicyclic) bond motifs is 1. The van der Waals surface area contributed by atoms with E-state index in [1.807, 2.05) is 13.8 Å². The summed E-state index contributed by atoms with van der Waals surface area (Å²) >= 11 is 0. The Hall–Kier alpha value is -3.55. The van der Waals surface area contributed by atoms with Crippen LogP contribution in [0.3, 0.4) is 0 Å². The molecule has 1 N–H and O–H groups in total. The third-order valence-corrected chi connectivity index (χ3v) is 4.51. The molecule has 0 aliphatic heterocycles. The van der Waals surface area contributed by atoms with Crippen LogP contribution in [0.15, 0.2) is 59.4 Å². The van der Waals surface area contributed by atoms with Crippen LogP contribution in [0.25, 0.3) is 10.9 Å². The van der Waals surface area contributed by atoms with Crippen LogP contribution in [-0.4, -0.2) is 32.9 Å². The Balaban J connectivity index is 2.07. The lowest BCUT2D eigenvalue weighted by molar-refractivity contribution is -0.308.